The summed E-state index contributed by atoms with van der Waals surface area (Å²) in [6.45, 7) is 0.758. The smallest absolute Gasteiger partial charge is 0.161 e. The molecule has 0 atom stereocenters. The topological polar surface area (TPSA) is 73.5 Å². The van der Waals surface area contributed by atoms with Gasteiger partial charge in [0.1, 0.15) is 5.82 Å². The highest BCUT2D eigenvalue weighted by molar-refractivity contribution is 5.86. The Morgan fingerprint density at radius 3 is 2.75 bits per heavy atom. The van der Waals surface area contributed by atoms with Crippen LogP contribution in [0, 0.1) is 0 Å². The Labute approximate surface area is 141 Å². The van der Waals surface area contributed by atoms with E-state index in [-0.39, 0.29) is 0 Å². The van der Waals surface area contributed by atoms with E-state index >= 15 is 0 Å². The van der Waals surface area contributed by atoms with Gasteiger partial charge in [-0.3, -0.25) is 5.10 Å². The summed E-state index contributed by atoms with van der Waals surface area (Å²) in [5, 5.41) is 17.6. The van der Waals surface area contributed by atoms with Gasteiger partial charge in [-0.2, -0.15) is 5.10 Å². The highest BCUT2D eigenvalue weighted by atomic mass is 15.2. The number of fused-ring (bicyclic) bond motifs is 1. The quantitative estimate of drug-likeness (QED) is 0.771. The van der Waals surface area contributed by atoms with Gasteiger partial charge in [-0.25, -0.2) is 0 Å². The molecule has 6 nitrogen and oxygen atoms in total. The van der Waals surface area contributed by atoms with Crippen molar-refractivity contribution in [1.82, 2.24) is 30.3 Å². The lowest BCUT2D eigenvalue weighted by Crippen LogP contribution is -2.11. The van der Waals surface area contributed by atoms with E-state index in [0.717, 1.165) is 29.3 Å². The lowest BCUT2D eigenvalue weighted by molar-refractivity contribution is 0.391. The Kier molecular flexibility index (Phi) is 4.06. The van der Waals surface area contributed by atoms with Crippen molar-refractivity contribution in [3.63, 3.8) is 0 Å². The summed E-state index contributed by atoms with van der Waals surface area (Å²) in [5.41, 5.74) is 3.39. The largest absolute Gasteiger partial charge is 0.324 e. The van der Waals surface area contributed by atoms with Crippen LogP contribution in [-0.2, 0) is 6.54 Å². The lowest BCUT2D eigenvalue weighted by atomic mass is 9.85. The maximum atomic E-state index is 4.62. The number of hydrogen-bond donors (Lipinski definition) is 2. The minimum Gasteiger partial charge on any atom is -0.324 e. The molecule has 1 aromatic carbocycles. The van der Waals surface area contributed by atoms with Crippen LogP contribution in [0.1, 0.15) is 49.5 Å². The normalized spacial score (nSPS) is 16.3. The molecule has 2 heterocycles. The Hall–Kier alpha value is -2.21. The van der Waals surface area contributed by atoms with Gasteiger partial charge in [0, 0.05) is 16.9 Å². The Morgan fingerprint density at radius 1 is 1.12 bits per heavy atom. The standard InChI is InChI=1S/C18H24N6/c1-24(2)11-16-19-18(23-21-16)13-8-9-15-14(10-13)17(22-20-15)12-6-4-3-5-7-12/h8-10,12H,3-7,11H2,1-2H3,(H,20,22)(H,19,21,23). The minimum atomic E-state index is 0.585. The third-order valence-corrected chi connectivity index (χ3v) is 4.86. The third kappa shape index (κ3) is 2.94. The van der Waals surface area contributed by atoms with Gasteiger partial charge in [0.2, 0.25) is 0 Å². The first-order valence-electron chi connectivity index (χ1n) is 8.75. The van der Waals surface area contributed by atoms with Gasteiger partial charge in [-0.1, -0.05) is 19.3 Å². The Morgan fingerprint density at radius 2 is 1.96 bits per heavy atom. The monoisotopic (exact) mass is 324 g/mol. The number of rotatable bonds is 4. The lowest BCUT2D eigenvalue weighted by Gasteiger charge is -2.19. The molecule has 0 saturated heterocycles. The van der Waals surface area contributed by atoms with Crippen LogP contribution in [0.4, 0.5) is 0 Å². The third-order valence-electron chi connectivity index (χ3n) is 4.86. The molecule has 0 unspecified atom stereocenters. The summed E-state index contributed by atoms with van der Waals surface area (Å²) in [6, 6.07) is 6.37. The molecule has 4 rings (SSSR count). The zero-order valence-corrected chi connectivity index (χ0v) is 14.3. The van der Waals surface area contributed by atoms with Gasteiger partial charge < -0.3 is 9.88 Å². The second-order valence-corrected chi connectivity index (χ2v) is 7.06. The molecule has 126 valence electrons. The molecular weight excluding hydrogens is 300 g/mol. The number of nitrogens with one attached hydrogen (secondary N) is 2. The van der Waals surface area contributed by atoms with Crippen molar-refractivity contribution in [3.8, 4) is 11.4 Å². The molecule has 1 fully saturated rings. The molecule has 0 radical (unpaired) electrons. The second-order valence-electron chi connectivity index (χ2n) is 7.06. The fraction of sp³-hybridized carbons (Fsp3) is 0.500. The fourth-order valence-corrected chi connectivity index (χ4v) is 3.67. The summed E-state index contributed by atoms with van der Waals surface area (Å²) in [4.78, 5) is 5.40. The first kappa shape index (κ1) is 15.3. The van der Waals surface area contributed by atoms with Crippen molar-refractivity contribution in [3.05, 3.63) is 29.7 Å². The van der Waals surface area contributed by atoms with Crippen LogP contribution < -0.4 is 0 Å². The van der Waals surface area contributed by atoms with E-state index in [9.17, 15) is 0 Å². The van der Waals surface area contributed by atoms with Crippen molar-refractivity contribution >= 4 is 10.9 Å². The number of aromatic nitrogens is 5. The number of nitrogens with zero attached hydrogens (tertiary/aromatic N) is 4. The number of H-pyrrole nitrogens is 2. The van der Waals surface area contributed by atoms with Gasteiger partial charge in [0.25, 0.3) is 0 Å². The van der Waals surface area contributed by atoms with E-state index in [2.05, 4.69) is 48.5 Å². The van der Waals surface area contributed by atoms with Crippen molar-refractivity contribution in [2.75, 3.05) is 14.1 Å². The average Bonchev–Trinajstić information content (AvgIpc) is 3.21. The summed E-state index contributed by atoms with van der Waals surface area (Å²) >= 11 is 0. The van der Waals surface area contributed by atoms with Crippen LogP contribution in [0.25, 0.3) is 22.3 Å². The SMILES string of the molecule is CN(C)Cc1nnc(-c2ccc3[nH]nc(C4CCCCC4)c3c2)[nH]1. The Bertz CT molecular complexity index is 825. The van der Waals surface area contributed by atoms with Gasteiger partial charge in [-0.15, -0.1) is 10.2 Å². The number of benzene rings is 1. The van der Waals surface area contributed by atoms with Crippen molar-refractivity contribution in [2.24, 2.45) is 0 Å². The predicted octanol–water partition coefficient (Wildman–Crippen LogP) is 3.46. The Balaban J connectivity index is 1.68. The average molecular weight is 324 g/mol. The molecular formula is C18H24N6. The van der Waals surface area contributed by atoms with E-state index in [1.165, 1.54) is 43.2 Å². The summed E-state index contributed by atoms with van der Waals surface area (Å²) in [6.07, 6.45) is 6.49. The van der Waals surface area contributed by atoms with Gasteiger partial charge in [0.15, 0.2) is 5.82 Å². The zero-order chi connectivity index (χ0) is 16.5. The van der Waals surface area contributed by atoms with Crippen LogP contribution in [-0.4, -0.2) is 44.4 Å². The van der Waals surface area contributed by atoms with E-state index in [1.807, 2.05) is 14.1 Å². The maximum Gasteiger partial charge on any atom is 0.161 e. The summed E-state index contributed by atoms with van der Waals surface area (Å²) < 4.78 is 0. The number of hydrogen-bond acceptors (Lipinski definition) is 4. The van der Waals surface area contributed by atoms with Crippen molar-refractivity contribution < 1.29 is 0 Å². The molecule has 2 N–H and O–H groups in total. The van der Waals surface area contributed by atoms with Crippen LogP contribution >= 0.6 is 0 Å². The second kappa shape index (κ2) is 6.36. The molecule has 0 spiro atoms. The van der Waals surface area contributed by atoms with Gasteiger partial charge in [-0.05, 0) is 45.1 Å². The molecule has 0 amide bonds. The zero-order valence-electron chi connectivity index (χ0n) is 14.3. The van der Waals surface area contributed by atoms with Crippen molar-refractivity contribution in [2.45, 2.75) is 44.6 Å². The van der Waals surface area contributed by atoms with E-state index in [1.54, 1.807) is 0 Å². The molecule has 2 aromatic heterocycles. The predicted molar refractivity (Wildman–Crippen MR) is 94.7 cm³/mol. The van der Waals surface area contributed by atoms with Crippen molar-refractivity contribution in [1.29, 1.82) is 0 Å². The van der Waals surface area contributed by atoms with Crippen LogP contribution in [0.3, 0.4) is 0 Å². The highest BCUT2D eigenvalue weighted by Crippen LogP contribution is 2.36. The molecule has 0 aliphatic heterocycles. The summed E-state index contributed by atoms with van der Waals surface area (Å²) in [5.74, 6) is 2.29. The van der Waals surface area contributed by atoms with Crippen LogP contribution in [0.2, 0.25) is 0 Å². The minimum absolute atomic E-state index is 0.585. The van der Waals surface area contributed by atoms with E-state index in [0.29, 0.717) is 5.92 Å². The molecule has 3 aromatic rings. The summed E-state index contributed by atoms with van der Waals surface area (Å²) in [7, 11) is 4.05. The van der Waals surface area contributed by atoms with E-state index < -0.39 is 0 Å². The molecule has 1 saturated carbocycles. The van der Waals surface area contributed by atoms with Crippen LogP contribution in [0.15, 0.2) is 18.2 Å². The molecule has 0 bridgehead atoms. The first-order valence-corrected chi connectivity index (χ1v) is 8.75. The molecule has 6 heteroatoms. The van der Waals surface area contributed by atoms with Gasteiger partial charge in [0.05, 0.1) is 17.8 Å². The molecule has 1 aliphatic carbocycles. The first-order chi connectivity index (χ1) is 11.7. The van der Waals surface area contributed by atoms with Gasteiger partial charge >= 0.3 is 0 Å². The maximum absolute atomic E-state index is 4.62. The van der Waals surface area contributed by atoms with Crippen LogP contribution in [0.5, 0.6) is 0 Å². The fourth-order valence-electron chi connectivity index (χ4n) is 3.67. The highest BCUT2D eigenvalue weighted by Gasteiger charge is 2.21. The molecule has 1 aliphatic rings. The van der Waals surface area contributed by atoms with E-state index in [4.69, 9.17) is 0 Å². The molecule has 24 heavy (non-hydrogen) atoms. The number of aromatic amines is 2.